The number of nitrogens with one attached hydrogen (secondary N) is 2. The van der Waals surface area contributed by atoms with E-state index >= 15 is 0 Å². The van der Waals surface area contributed by atoms with E-state index in [1.807, 2.05) is 41.5 Å². The van der Waals surface area contributed by atoms with Crippen molar-refractivity contribution >= 4 is 70.2 Å². The van der Waals surface area contributed by atoms with Gasteiger partial charge in [0.1, 0.15) is 11.2 Å². The fourth-order valence-electron chi connectivity index (χ4n) is 3.64. The van der Waals surface area contributed by atoms with E-state index in [0.29, 0.717) is 32.5 Å². The van der Waals surface area contributed by atoms with Crippen LogP contribution in [0.5, 0.6) is 0 Å². The summed E-state index contributed by atoms with van der Waals surface area (Å²) in [7, 11) is -2.45. The zero-order valence-corrected chi connectivity index (χ0v) is 44.1. The number of carbonyl (C=O) groups excluding carboxylic acids is 3. The Balaban J connectivity index is -0.000000141. The van der Waals surface area contributed by atoms with Crippen LogP contribution < -0.4 is 40.2 Å². The van der Waals surface area contributed by atoms with Gasteiger partial charge < -0.3 is 45.0 Å². The van der Waals surface area contributed by atoms with Crippen molar-refractivity contribution in [2.75, 3.05) is 40.1 Å². The van der Waals surface area contributed by atoms with Crippen molar-refractivity contribution in [1.29, 1.82) is 0 Å². The molecule has 3 N–H and O–H groups in total. The predicted octanol–water partition coefficient (Wildman–Crippen LogP) is 5.29. The molecule has 0 saturated carbocycles. The number of aliphatic hydroxyl groups is 1. The van der Waals surface area contributed by atoms with Crippen molar-refractivity contribution in [1.82, 2.24) is 10.6 Å². The van der Waals surface area contributed by atoms with Gasteiger partial charge in [0.05, 0.1) is 32.4 Å². The van der Waals surface area contributed by atoms with Crippen LogP contribution in [0.2, 0.25) is 36.3 Å². The summed E-state index contributed by atoms with van der Waals surface area (Å²) in [6, 6.07) is -0.441. The number of ether oxygens (including phenoxy) is 4. The average Bonchev–Trinajstić information content (AvgIpc) is 3.53. The number of carbonyl (C=O) groups is 3. The van der Waals surface area contributed by atoms with E-state index in [1.165, 1.54) is 20.0 Å². The largest absolute Gasteiger partial charge is 1.00 e. The molecule has 3 radical (unpaired) electrons. The molecule has 12 nitrogen and oxygen atoms in total. The number of alkyl carbamates (subject to hydrolysis) is 2. The normalized spacial score (nSPS) is 14.1. The summed E-state index contributed by atoms with van der Waals surface area (Å²) in [6.07, 6.45) is 3.58. The Labute approximate surface area is 378 Å². The molecule has 55 heavy (non-hydrogen) atoms. The van der Waals surface area contributed by atoms with Crippen LogP contribution in [0.15, 0.2) is 0 Å². The number of rotatable bonds is 14. The molecule has 1 heterocycles. The van der Waals surface area contributed by atoms with Crippen LogP contribution in [0.1, 0.15) is 123 Å². The van der Waals surface area contributed by atoms with Crippen molar-refractivity contribution < 1.29 is 78.3 Å². The SMILES string of the molecule is C1CCOC1.CC(C)(C)OC(=O)N[C@@H](CCCO)CO[Si](C)(C)C(C)(C)C.COC(=O)CC[C@@H](CO[Si](C)(C)C(C)(C)C)NC(=O)OC(C)(C)C.S.S.[B].[H-].[Na+]. The zero-order valence-electron chi connectivity index (χ0n) is 39.1. The van der Waals surface area contributed by atoms with Crippen molar-refractivity contribution in [3.8, 4) is 0 Å². The molecule has 1 aliphatic heterocycles. The molecular weight excluding hydrogens is 787 g/mol. The topological polar surface area (TPSA) is 151 Å². The summed E-state index contributed by atoms with van der Waals surface area (Å²) in [6.45, 7) is 35.5. The van der Waals surface area contributed by atoms with Gasteiger partial charge in [-0.3, -0.25) is 4.79 Å². The number of aliphatic hydroxyl groups excluding tert-OH is 1. The molecule has 18 heteroatoms. The number of methoxy groups -OCH3 is 1. The van der Waals surface area contributed by atoms with Gasteiger partial charge in [-0.1, -0.05) is 41.5 Å². The second kappa shape index (κ2) is 31.0. The summed E-state index contributed by atoms with van der Waals surface area (Å²) in [5, 5.41) is 14.9. The zero-order chi connectivity index (χ0) is 40.3. The molecule has 2 amide bonds. The predicted molar refractivity (Wildman–Crippen MR) is 238 cm³/mol. The summed E-state index contributed by atoms with van der Waals surface area (Å²) in [5.74, 6) is -0.307. The fourth-order valence-corrected chi connectivity index (χ4v) is 5.74. The fraction of sp³-hybridized carbons (Fsp3) is 0.919. The van der Waals surface area contributed by atoms with Crippen LogP contribution in [-0.4, -0.2) is 112 Å². The van der Waals surface area contributed by atoms with Crippen molar-refractivity contribution in [2.24, 2.45) is 0 Å². The molecule has 2 atom stereocenters. The number of hydrogen-bond donors (Lipinski definition) is 3. The van der Waals surface area contributed by atoms with Crippen LogP contribution >= 0.6 is 27.0 Å². The van der Waals surface area contributed by atoms with E-state index < -0.39 is 40.0 Å². The first kappa shape index (κ1) is 66.8. The van der Waals surface area contributed by atoms with Gasteiger partial charge in [-0.15, -0.1) is 0 Å². The summed E-state index contributed by atoms with van der Waals surface area (Å²) < 4.78 is 32.5. The van der Waals surface area contributed by atoms with Crippen LogP contribution in [0, 0.1) is 0 Å². The van der Waals surface area contributed by atoms with Crippen molar-refractivity contribution in [2.45, 2.75) is 181 Å². The van der Waals surface area contributed by atoms with E-state index in [0.717, 1.165) is 13.2 Å². The Morgan fingerprint density at radius 3 is 1.31 bits per heavy atom. The second-order valence-electron chi connectivity index (χ2n) is 18.1. The second-order valence-corrected chi connectivity index (χ2v) is 27.7. The third-order valence-electron chi connectivity index (χ3n) is 8.81. The summed E-state index contributed by atoms with van der Waals surface area (Å²) in [4.78, 5) is 35.3. The summed E-state index contributed by atoms with van der Waals surface area (Å²) in [5.41, 5.74) is -1.09. The number of hydrogen-bond acceptors (Lipinski definition) is 10. The maximum absolute atomic E-state index is 12.0. The molecule has 1 fully saturated rings. The quantitative estimate of drug-likeness (QED) is 0.120. The molecule has 0 bridgehead atoms. The first-order chi connectivity index (χ1) is 23.0. The molecule has 0 aromatic rings. The molecule has 0 spiro atoms. The average molecular weight is 870 g/mol. The van der Waals surface area contributed by atoms with Crippen molar-refractivity contribution in [3.05, 3.63) is 0 Å². The van der Waals surface area contributed by atoms with Gasteiger partial charge in [-0.05, 0) is 110 Å². The van der Waals surface area contributed by atoms with E-state index in [9.17, 15) is 14.4 Å². The van der Waals surface area contributed by atoms with E-state index in [2.05, 4.69) is 83.1 Å². The molecule has 0 aliphatic carbocycles. The van der Waals surface area contributed by atoms with Crippen LogP contribution in [0.3, 0.4) is 0 Å². The molecule has 1 saturated heterocycles. The van der Waals surface area contributed by atoms with Crippen molar-refractivity contribution in [3.63, 3.8) is 0 Å². The minimum Gasteiger partial charge on any atom is -1.00 e. The van der Waals surface area contributed by atoms with Gasteiger partial charge in [-0.25, -0.2) is 9.59 Å². The first-order valence-corrected chi connectivity index (χ1v) is 24.3. The monoisotopic (exact) mass is 870 g/mol. The van der Waals surface area contributed by atoms with Crippen LogP contribution in [0.25, 0.3) is 0 Å². The van der Waals surface area contributed by atoms with Gasteiger partial charge in [0, 0.05) is 34.7 Å². The van der Waals surface area contributed by atoms with E-state index in [1.54, 1.807) is 0 Å². The smallest absolute Gasteiger partial charge is 1.00 e. The molecule has 1 rings (SSSR count). The summed E-state index contributed by atoms with van der Waals surface area (Å²) >= 11 is 0. The van der Waals surface area contributed by atoms with Gasteiger partial charge in [0.2, 0.25) is 0 Å². The maximum atomic E-state index is 12.0. The Hall–Kier alpha value is 0.0487. The Morgan fingerprint density at radius 1 is 0.709 bits per heavy atom. The minimum atomic E-state index is -1.94. The van der Waals surface area contributed by atoms with Gasteiger partial charge >= 0.3 is 47.7 Å². The van der Waals surface area contributed by atoms with E-state index in [4.69, 9.17) is 28.2 Å². The molecular formula is C37H83BN2NaO10S2Si2. The third-order valence-corrected chi connectivity index (χ3v) is 17.8. The van der Waals surface area contributed by atoms with Gasteiger partial charge in [0.25, 0.3) is 0 Å². The number of amides is 2. The van der Waals surface area contributed by atoms with Gasteiger partial charge in [0.15, 0.2) is 16.6 Å². The van der Waals surface area contributed by atoms with Crippen LogP contribution in [-0.2, 0) is 32.6 Å². The molecule has 0 aromatic carbocycles. The Kier molecular flexibility index (Phi) is 37.7. The van der Waals surface area contributed by atoms with Crippen LogP contribution in [0.4, 0.5) is 9.59 Å². The molecule has 0 aromatic heterocycles. The Bertz CT molecular complexity index is 1020. The standard InChI is InChI=1S/C17H35NO5Si.C16H35NO4Si.C4H8O.B.Na.2H2S.H/c1-16(2,3)23-15(20)18-13(10-11-14(19)21-7)12-22-24(8,9)17(4,5)6;1-15(2,3)21-14(19)17-13(10-9-11-18)12-20-22(7,8)16(4,5)6;1-2-4-5-3-1;;;;;/h13H,10-12H2,1-9H3,(H,18,20);13,18H,9-12H2,1-8H3,(H,17,19);1-4H2;;;2*1H2;/q;;;;+1;;;-1/t2*13-;;;;;;/m00....../s1. The Morgan fingerprint density at radius 2 is 1.05 bits per heavy atom. The number of esters is 1. The molecule has 0 unspecified atom stereocenters. The maximum Gasteiger partial charge on any atom is 1.00 e. The van der Waals surface area contributed by atoms with Gasteiger partial charge in [-0.2, -0.15) is 27.0 Å². The third kappa shape index (κ3) is 35.7. The molecule has 1 aliphatic rings. The first-order valence-electron chi connectivity index (χ1n) is 18.5. The molecule has 325 valence electrons. The minimum absolute atomic E-state index is 0. The van der Waals surface area contributed by atoms with E-state index in [-0.39, 0.29) is 108 Å².